The number of hydrogen-bond acceptors (Lipinski definition) is 4. The number of carbonyl (C=O) groups is 1. The molecule has 7 heteroatoms. The summed E-state index contributed by atoms with van der Waals surface area (Å²) in [5.74, 6) is 0.221. The van der Waals surface area contributed by atoms with Gasteiger partial charge in [0.15, 0.2) is 0 Å². The fraction of sp³-hybridized carbons (Fsp3) is 0.278. The fourth-order valence-corrected chi connectivity index (χ4v) is 2.84. The van der Waals surface area contributed by atoms with Gasteiger partial charge in [0.05, 0.1) is 22.9 Å². The first-order chi connectivity index (χ1) is 12.1. The highest BCUT2D eigenvalue weighted by Crippen LogP contribution is 2.14. The molecule has 0 aliphatic carbocycles. The highest BCUT2D eigenvalue weighted by atomic mass is 16.2. The summed E-state index contributed by atoms with van der Waals surface area (Å²) in [6, 6.07) is 11.0. The van der Waals surface area contributed by atoms with Crippen LogP contribution in [0.2, 0.25) is 0 Å². The van der Waals surface area contributed by atoms with Crippen LogP contribution in [0.5, 0.6) is 0 Å². The van der Waals surface area contributed by atoms with Gasteiger partial charge >= 0.3 is 5.69 Å². The van der Waals surface area contributed by atoms with Crippen molar-refractivity contribution in [2.75, 3.05) is 11.1 Å². The Morgan fingerprint density at radius 3 is 2.40 bits per heavy atom. The second kappa shape index (κ2) is 7.21. The van der Waals surface area contributed by atoms with Crippen molar-refractivity contribution in [3.63, 3.8) is 0 Å². The number of imidazole rings is 1. The van der Waals surface area contributed by atoms with Crippen LogP contribution in [0.15, 0.2) is 47.4 Å². The van der Waals surface area contributed by atoms with Gasteiger partial charge in [-0.3, -0.25) is 13.9 Å². The van der Waals surface area contributed by atoms with Crippen molar-refractivity contribution in [3.05, 3.63) is 53.1 Å². The van der Waals surface area contributed by atoms with E-state index < -0.39 is 0 Å². The largest absolute Gasteiger partial charge is 0.384 e. The third kappa shape index (κ3) is 3.55. The predicted molar refractivity (Wildman–Crippen MR) is 98.4 cm³/mol. The molecule has 0 atom stereocenters. The zero-order valence-electron chi connectivity index (χ0n) is 14.1. The number of para-hydroxylation sites is 2. The molecule has 2 aromatic heterocycles. The molecule has 2 heterocycles. The number of carbonyl (C=O) groups excluding carboxylic acids is 1. The maximum absolute atomic E-state index is 12.7. The van der Waals surface area contributed by atoms with E-state index in [0.717, 1.165) is 17.5 Å². The highest BCUT2D eigenvalue weighted by molar-refractivity contribution is 5.90. The molecular formula is C18H21N5O2. The number of aryl methyl sites for hydroxylation is 2. The van der Waals surface area contributed by atoms with E-state index in [1.54, 1.807) is 21.3 Å². The molecule has 1 aromatic carbocycles. The van der Waals surface area contributed by atoms with Gasteiger partial charge in [-0.25, -0.2) is 9.78 Å². The fourth-order valence-electron chi connectivity index (χ4n) is 2.84. The minimum atomic E-state index is -0.175. The van der Waals surface area contributed by atoms with Crippen LogP contribution in [0, 0.1) is 0 Å². The molecule has 0 aliphatic heterocycles. The summed E-state index contributed by atoms with van der Waals surface area (Å²) in [5, 5.41) is 2.76. The summed E-state index contributed by atoms with van der Waals surface area (Å²) in [7, 11) is 0. The van der Waals surface area contributed by atoms with Crippen molar-refractivity contribution in [2.45, 2.75) is 32.9 Å². The molecule has 7 nitrogen and oxygen atoms in total. The summed E-state index contributed by atoms with van der Waals surface area (Å²) in [6.45, 7) is 3.02. The van der Waals surface area contributed by atoms with Crippen LogP contribution in [0.3, 0.4) is 0 Å². The normalized spacial score (nSPS) is 10.9. The smallest absolute Gasteiger partial charge is 0.329 e. The third-order valence-electron chi connectivity index (χ3n) is 4.00. The van der Waals surface area contributed by atoms with E-state index in [9.17, 15) is 9.59 Å². The summed E-state index contributed by atoms with van der Waals surface area (Å²) in [6.07, 6.45) is 2.58. The van der Waals surface area contributed by atoms with Crippen molar-refractivity contribution in [2.24, 2.45) is 0 Å². The van der Waals surface area contributed by atoms with E-state index >= 15 is 0 Å². The van der Waals surface area contributed by atoms with Crippen LogP contribution in [0.4, 0.5) is 11.5 Å². The topological polar surface area (TPSA) is 94.9 Å². The molecule has 0 spiro atoms. The summed E-state index contributed by atoms with van der Waals surface area (Å²) >= 11 is 0. The third-order valence-corrected chi connectivity index (χ3v) is 4.00. The van der Waals surface area contributed by atoms with Crippen LogP contribution in [0.25, 0.3) is 11.0 Å². The van der Waals surface area contributed by atoms with E-state index in [0.29, 0.717) is 24.6 Å². The van der Waals surface area contributed by atoms with Gasteiger partial charge in [-0.15, -0.1) is 0 Å². The molecule has 0 radical (unpaired) electrons. The lowest BCUT2D eigenvalue weighted by Crippen LogP contribution is -2.26. The Kier molecular flexibility index (Phi) is 4.83. The van der Waals surface area contributed by atoms with Gasteiger partial charge in [-0.2, -0.15) is 0 Å². The van der Waals surface area contributed by atoms with Crippen LogP contribution in [-0.4, -0.2) is 20.0 Å². The number of anilines is 2. The van der Waals surface area contributed by atoms with Crippen LogP contribution < -0.4 is 16.7 Å². The average molecular weight is 339 g/mol. The van der Waals surface area contributed by atoms with E-state index in [2.05, 4.69) is 10.3 Å². The van der Waals surface area contributed by atoms with E-state index in [4.69, 9.17) is 5.73 Å². The average Bonchev–Trinajstić information content (AvgIpc) is 2.88. The molecule has 0 saturated carbocycles. The minimum Gasteiger partial charge on any atom is -0.384 e. The number of pyridine rings is 1. The number of rotatable bonds is 6. The number of aromatic nitrogens is 3. The summed E-state index contributed by atoms with van der Waals surface area (Å²) < 4.78 is 3.42. The van der Waals surface area contributed by atoms with E-state index in [1.807, 2.05) is 31.2 Å². The maximum Gasteiger partial charge on any atom is 0.329 e. The van der Waals surface area contributed by atoms with Crippen molar-refractivity contribution in [1.29, 1.82) is 0 Å². The molecule has 0 unspecified atom stereocenters. The van der Waals surface area contributed by atoms with Gasteiger partial charge in [-0.05, 0) is 30.7 Å². The summed E-state index contributed by atoms with van der Waals surface area (Å²) in [4.78, 5) is 28.7. The standard InChI is InChI=1S/C18H21N5O2/c1-2-10-22-14-5-3-4-6-15(14)23(18(22)25)11-9-17(24)21-13-7-8-16(19)20-12-13/h3-8,12H,2,9-11H2,1H3,(H2,19,20)(H,21,24). The Morgan fingerprint density at radius 1 is 1.12 bits per heavy atom. The first-order valence-corrected chi connectivity index (χ1v) is 8.29. The molecule has 0 saturated heterocycles. The molecule has 3 aromatic rings. The zero-order chi connectivity index (χ0) is 17.8. The zero-order valence-corrected chi connectivity index (χ0v) is 14.1. The minimum absolute atomic E-state index is 0.0787. The molecule has 3 N–H and O–H groups in total. The van der Waals surface area contributed by atoms with Gasteiger partial charge < -0.3 is 11.1 Å². The molecule has 25 heavy (non-hydrogen) atoms. The Morgan fingerprint density at radius 2 is 1.80 bits per heavy atom. The number of amides is 1. The number of fused-ring (bicyclic) bond motifs is 1. The second-order valence-electron chi connectivity index (χ2n) is 5.84. The van der Waals surface area contributed by atoms with Crippen LogP contribution in [0.1, 0.15) is 19.8 Å². The quantitative estimate of drug-likeness (QED) is 0.720. The van der Waals surface area contributed by atoms with Crippen LogP contribution in [-0.2, 0) is 17.9 Å². The molecule has 0 fully saturated rings. The lowest BCUT2D eigenvalue weighted by molar-refractivity contribution is -0.116. The van der Waals surface area contributed by atoms with Gasteiger partial charge in [0, 0.05) is 19.5 Å². The van der Waals surface area contributed by atoms with E-state index in [-0.39, 0.29) is 18.0 Å². The van der Waals surface area contributed by atoms with Gasteiger partial charge in [0.25, 0.3) is 0 Å². The van der Waals surface area contributed by atoms with E-state index in [1.165, 1.54) is 6.20 Å². The predicted octanol–water partition coefficient (Wildman–Crippen LogP) is 2.22. The number of nitrogens with zero attached hydrogens (tertiary/aromatic N) is 3. The monoisotopic (exact) mass is 339 g/mol. The highest BCUT2D eigenvalue weighted by Gasteiger charge is 2.13. The Hall–Kier alpha value is -3.09. The molecular weight excluding hydrogens is 318 g/mol. The second-order valence-corrected chi connectivity index (χ2v) is 5.84. The number of nitrogens with one attached hydrogen (secondary N) is 1. The van der Waals surface area contributed by atoms with Crippen LogP contribution >= 0.6 is 0 Å². The molecule has 0 aliphatic rings. The number of benzene rings is 1. The molecule has 3 rings (SSSR count). The SMILES string of the molecule is CCCn1c(=O)n(CCC(=O)Nc2ccc(N)nc2)c2ccccc21. The maximum atomic E-state index is 12.7. The van der Waals surface area contributed by atoms with Gasteiger partial charge in [0.2, 0.25) is 5.91 Å². The molecule has 0 bridgehead atoms. The number of nitrogens with two attached hydrogens (primary N) is 1. The Balaban J connectivity index is 1.76. The number of nitrogen functional groups attached to an aromatic ring is 1. The Labute approximate surface area is 145 Å². The first-order valence-electron chi connectivity index (χ1n) is 8.29. The molecule has 1 amide bonds. The lowest BCUT2D eigenvalue weighted by atomic mass is 10.3. The van der Waals surface area contributed by atoms with Crippen molar-refractivity contribution in [1.82, 2.24) is 14.1 Å². The van der Waals surface area contributed by atoms with Crippen molar-refractivity contribution >= 4 is 28.4 Å². The molecule has 130 valence electrons. The summed E-state index contributed by atoms with van der Waals surface area (Å²) in [5.41, 5.74) is 7.78. The van der Waals surface area contributed by atoms with Crippen molar-refractivity contribution in [3.8, 4) is 0 Å². The first kappa shape index (κ1) is 16.8. The number of hydrogen-bond donors (Lipinski definition) is 2. The lowest BCUT2D eigenvalue weighted by Gasteiger charge is -2.06. The van der Waals surface area contributed by atoms with Crippen molar-refractivity contribution < 1.29 is 4.79 Å². The Bertz CT molecular complexity index is 940. The van der Waals surface area contributed by atoms with Gasteiger partial charge in [-0.1, -0.05) is 19.1 Å². The van der Waals surface area contributed by atoms with Gasteiger partial charge in [0.1, 0.15) is 5.82 Å².